The topological polar surface area (TPSA) is 140 Å². The van der Waals surface area contributed by atoms with Crippen LogP contribution in [0.4, 0.5) is 10.8 Å². The first kappa shape index (κ1) is 18.7. The largest absolute Gasteiger partial charge is 0.451 e. The second kappa shape index (κ2) is 8.11. The molecule has 0 aliphatic heterocycles. The number of thiophene rings is 1. The van der Waals surface area contributed by atoms with Gasteiger partial charge in [-0.1, -0.05) is 29.5 Å². The van der Waals surface area contributed by atoms with Crippen LogP contribution in [0.25, 0.3) is 5.69 Å². The molecular formula is C17H11N5O5S. The van der Waals surface area contributed by atoms with E-state index in [4.69, 9.17) is 4.74 Å². The summed E-state index contributed by atoms with van der Waals surface area (Å²) in [6, 6.07) is 13.2. The zero-order valence-electron chi connectivity index (χ0n) is 14.1. The van der Waals surface area contributed by atoms with Crippen molar-refractivity contribution in [1.82, 2.24) is 9.78 Å². The van der Waals surface area contributed by atoms with Crippen molar-refractivity contribution in [2.24, 2.45) is 0 Å². The molecule has 0 bridgehead atoms. The quantitative estimate of drug-likeness (QED) is 0.383. The first-order valence-corrected chi connectivity index (χ1v) is 8.56. The molecular weight excluding hydrogens is 386 g/mol. The van der Waals surface area contributed by atoms with Crippen LogP contribution in [0.15, 0.2) is 48.7 Å². The molecule has 0 aliphatic carbocycles. The van der Waals surface area contributed by atoms with E-state index >= 15 is 0 Å². The van der Waals surface area contributed by atoms with Crippen molar-refractivity contribution in [3.8, 4) is 11.8 Å². The van der Waals surface area contributed by atoms with Gasteiger partial charge in [0.25, 0.3) is 5.91 Å². The van der Waals surface area contributed by atoms with Crippen LogP contribution in [0.5, 0.6) is 0 Å². The number of nitro groups is 1. The van der Waals surface area contributed by atoms with E-state index in [0.29, 0.717) is 17.0 Å². The number of hydrogen-bond acceptors (Lipinski definition) is 8. The third-order valence-electron chi connectivity index (χ3n) is 3.46. The fourth-order valence-electron chi connectivity index (χ4n) is 2.22. The number of para-hydroxylation sites is 1. The molecule has 1 amide bonds. The summed E-state index contributed by atoms with van der Waals surface area (Å²) in [6.07, 6.45) is 1.30. The number of carbonyl (C=O) groups is 2. The Labute approximate surface area is 161 Å². The third-order valence-corrected chi connectivity index (χ3v) is 4.47. The molecule has 0 saturated carbocycles. The maximum absolute atomic E-state index is 12.2. The number of nitriles is 1. The maximum atomic E-state index is 12.2. The van der Waals surface area contributed by atoms with Crippen molar-refractivity contribution in [1.29, 1.82) is 5.26 Å². The highest BCUT2D eigenvalue weighted by Crippen LogP contribution is 2.24. The Balaban J connectivity index is 1.68. The molecule has 0 radical (unpaired) electrons. The average molecular weight is 397 g/mol. The van der Waals surface area contributed by atoms with Gasteiger partial charge in [-0.15, -0.1) is 0 Å². The van der Waals surface area contributed by atoms with E-state index in [1.54, 1.807) is 24.3 Å². The molecule has 0 saturated heterocycles. The smallest absolute Gasteiger partial charge is 0.349 e. The van der Waals surface area contributed by atoms with Gasteiger partial charge in [0.05, 0.1) is 16.8 Å². The SMILES string of the molecule is N#Cc1cnn(-c2ccccc2)c1NC(=O)COC(=O)c1ccc([N+](=O)[O-])s1. The van der Waals surface area contributed by atoms with Crippen LogP contribution in [-0.4, -0.2) is 33.2 Å². The van der Waals surface area contributed by atoms with Crippen molar-refractivity contribution < 1.29 is 19.2 Å². The van der Waals surface area contributed by atoms with E-state index in [9.17, 15) is 25.0 Å². The molecule has 1 aromatic carbocycles. The van der Waals surface area contributed by atoms with Crippen LogP contribution in [0.3, 0.4) is 0 Å². The summed E-state index contributed by atoms with van der Waals surface area (Å²) >= 11 is 0.649. The number of nitrogens with zero attached hydrogens (tertiary/aromatic N) is 4. The summed E-state index contributed by atoms with van der Waals surface area (Å²) < 4.78 is 6.25. The van der Waals surface area contributed by atoms with E-state index in [-0.39, 0.29) is 21.3 Å². The molecule has 2 heterocycles. The van der Waals surface area contributed by atoms with Gasteiger partial charge in [0.15, 0.2) is 12.4 Å². The highest BCUT2D eigenvalue weighted by molar-refractivity contribution is 7.17. The van der Waals surface area contributed by atoms with Crippen LogP contribution < -0.4 is 5.32 Å². The Hall–Kier alpha value is -4.04. The van der Waals surface area contributed by atoms with Crippen LogP contribution in [0, 0.1) is 21.4 Å². The maximum Gasteiger partial charge on any atom is 0.349 e. The van der Waals surface area contributed by atoms with Crippen LogP contribution in [0.2, 0.25) is 0 Å². The second-order valence-electron chi connectivity index (χ2n) is 5.29. The molecule has 0 atom stereocenters. The highest BCUT2D eigenvalue weighted by Gasteiger charge is 2.19. The zero-order valence-corrected chi connectivity index (χ0v) is 14.9. The predicted molar refractivity (Wildman–Crippen MR) is 98.2 cm³/mol. The van der Waals surface area contributed by atoms with Crippen molar-refractivity contribution in [2.45, 2.75) is 0 Å². The number of carbonyl (C=O) groups excluding carboxylic acids is 2. The third kappa shape index (κ3) is 4.02. The van der Waals surface area contributed by atoms with Gasteiger partial charge in [-0.2, -0.15) is 10.4 Å². The van der Waals surface area contributed by atoms with Crippen molar-refractivity contribution in [2.75, 3.05) is 11.9 Å². The van der Waals surface area contributed by atoms with Crippen LogP contribution in [0.1, 0.15) is 15.2 Å². The number of ether oxygens (including phenoxy) is 1. The first-order chi connectivity index (χ1) is 13.5. The summed E-state index contributed by atoms with van der Waals surface area (Å²) in [6.45, 7) is -0.630. The molecule has 11 heteroatoms. The summed E-state index contributed by atoms with van der Waals surface area (Å²) in [5.41, 5.74) is 0.764. The number of esters is 1. The Morgan fingerprint density at radius 1 is 1.29 bits per heavy atom. The van der Waals surface area contributed by atoms with Gasteiger partial charge in [-0.05, 0) is 18.2 Å². The lowest BCUT2D eigenvalue weighted by molar-refractivity contribution is -0.380. The van der Waals surface area contributed by atoms with E-state index in [0.717, 1.165) is 0 Å². The first-order valence-electron chi connectivity index (χ1n) is 7.74. The number of nitrogens with one attached hydrogen (secondary N) is 1. The van der Waals surface area contributed by atoms with Crippen molar-refractivity contribution >= 4 is 34.0 Å². The number of hydrogen-bond donors (Lipinski definition) is 1. The minimum absolute atomic E-state index is 0.00606. The highest BCUT2D eigenvalue weighted by atomic mass is 32.1. The van der Waals surface area contributed by atoms with E-state index in [1.165, 1.54) is 23.0 Å². The molecule has 0 unspecified atom stereocenters. The Morgan fingerprint density at radius 3 is 2.68 bits per heavy atom. The Bertz CT molecular complexity index is 1080. The van der Waals surface area contributed by atoms with Crippen LogP contribution in [-0.2, 0) is 9.53 Å². The summed E-state index contributed by atoms with van der Waals surface area (Å²) in [5.74, 6) is -1.40. The number of benzene rings is 1. The lowest BCUT2D eigenvalue weighted by Gasteiger charge is -2.09. The number of aromatic nitrogens is 2. The summed E-state index contributed by atoms with van der Waals surface area (Å²) in [7, 11) is 0. The molecule has 3 rings (SSSR count). The van der Waals surface area contributed by atoms with Gasteiger partial charge in [-0.25, -0.2) is 9.48 Å². The Morgan fingerprint density at radius 2 is 2.04 bits per heavy atom. The fourth-order valence-corrected chi connectivity index (χ4v) is 2.94. The normalized spacial score (nSPS) is 10.1. The number of amides is 1. The lowest BCUT2D eigenvalue weighted by atomic mass is 10.3. The van der Waals surface area contributed by atoms with Gasteiger partial charge in [0.2, 0.25) is 0 Å². The molecule has 2 aromatic heterocycles. The molecule has 3 aromatic rings. The summed E-state index contributed by atoms with van der Waals surface area (Å²) in [5, 5.41) is 26.2. The van der Waals surface area contributed by atoms with Gasteiger partial charge < -0.3 is 10.1 Å². The van der Waals surface area contributed by atoms with Crippen LogP contribution >= 0.6 is 11.3 Å². The molecule has 1 N–H and O–H groups in total. The van der Waals surface area contributed by atoms with Gasteiger partial charge in [0.1, 0.15) is 16.5 Å². The van der Waals surface area contributed by atoms with E-state index in [2.05, 4.69) is 10.4 Å². The predicted octanol–water partition coefficient (Wildman–Crippen LogP) is 2.51. The van der Waals surface area contributed by atoms with E-state index in [1.807, 2.05) is 12.1 Å². The zero-order chi connectivity index (χ0) is 20.1. The second-order valence-corrected chi connectivity index (χ2v) is 6.35. The van der Waals surface area contributed by atoms with E-state index < -0.39 is 23.4 Å². The van der Waals surface area contributed by atoms with Gasteiger partial charge in [-0.3, -0.25) is 14.9 Å². The molecule has 0 fully saturated rings. The van der Waals surface area contributed by atoms with Crippen molar-refractivity contribution in [3.05, 3.63) is 69.2 Å². The van der Waals surface area contributed by atoms with Gasteiger partial charge >= 0.3 is 11.0 Å². The van der Waals surface area contributed by atoms with Crippen molar-refractivity contribution in [3.63, 3.8) is 0 Å². The molecule has 140 valence electrons. The number of anilines is 1. The monoisotopic (exact) mass is 397 g/mol. The lowest BCUT2D eigenvalue weighted by Crippen LogP contribution is -2.22. The fraction of sp³-hybridized carbons (Fsp3) is 0.0588. The molecule has 28 heavy (non-hydrogen) atoms. The van der Waals surface area contributed by atoms with Gasteiger partial charge in [0, 0.05) is 6.07 Å². The summed E-state index contributed by atoms with van der Waals surface area (Å²) in [4.78, 5) is 34.1. The minimum atomic E-state index is -0.856. The molecule has 10 nitrogen and oxygen atoms in total. The Kier molecular flexibility index (Phi) is 5.43. The average Bonchev–Trinajstić information content (AvgIpc) is 3.34. The minimum Gasteiger partial charge on any atom is -0.451 e. The standard InChI is InChI=1S/C17H11N5O5S/c18-8-11-9-19-21(12-4-2-1-3-5-12)16(11)20-14(23)10-27-17(24)13-6-7-15(28-13)22(25)26/h1-7,9H,10H2,(H,20,23). The molecule has 0 spiro atoms. The number of rotatable bonds is 6. The molecule has 0 aliphatic rings.